The lowest BCUT2D eigenvalue weighted by Crippen LogP contribution is -1.82. The molecule has 0 saturated carbocycles. The van der Waals surface area contributed by atoms with Gasteiger partial charge < -0.3 is 0 Å². The molecule has 0 aliphatic heterocycles. The van der Waals surface area contributed by atoms with Crippen LogP contribution in [0.25, 0.3) is 0 Å². The Hall–Kier alpha value is 0.560. The normalized spacial score (nSPS) is 5.50. The minimum atomic E-state index is 1.24. The van der Waals surface area contributed by atoms with Crippen LogP contribution in [0.2, 0.25) is 6.82 Å². The SMILES string of the molecule is CBBP. The molecule has 22 valence electrons. The molecule has 0 rings (SSSR count). The van der Waals surface area contributed by atoms with Gasteiger partial charge in [0, 0.05) is 0 Å². The van der Waals surface area contributed by atoms with E-state index in [-0.39, 0.29) is 0 Å². The second kappa shape index (κ2) is 3.56. The van der Waals surface area contributed by atoms with Gasteiger partial charge in [0.25, 0.3) is 0 Å². The molecule has 0 aliphatic rings. The van der Waals surface area contributed by atoms with Gasteiger partial charge in [0.2, 0.25) is 0 Å². The van der Waals surface area contributed by atoms with Crippen LogP contribution in [-0.4, -0.2) is 14.1 Å². The molecule has 1 unspecified atom stereocenters. The Morgan fingerprint density at radius 1 is 1.75 bits per heavy atom. The van der Waals surface area contributed by atoms with Crippen LogP contribution >= 0.6 is 9.12 Å². The highest BCUT2D eigenvalue weighted by atomic mass is 31.0. The van der Waals surface area contributed by atoms with Crippen molar-refractivity contribution in [3.8, 4) is 0 Å². The minimum Gasteiger partial charge on any atom is -0.183 e. The molecule has 0 amide bonds. The molecule has 1 atom stereocenters. The molecular weight excluding hydrogens is 64.6 g/mol. The smallest absolute Gasteiger partial charge is 0.110 e. The lowest BCUT2D eigenvalue weighted by atomic mass is 9.57. The van der Waals surface area contributed by atoms with Crippen LogP contribution in [-0.2, 0) is 0 Å². The Morgan fingerprint density at radius 3 is 2.00 bits per heavy atom. The molecule has 0 aromatic heterocycles. The van der Waals surface area contributed by atoms with Gasteiger partial charge in [0.1, 0.15) is 6.89 Å². The van der Waals surface area contributed by atoms with Crippen molar-refractivity contribution in [2.24, 2.45) is 0 Å². The van der Waals surface area contributed by atoms with Gasteiger partial charge in [-0.2, -0.15) is 9.12 Å². The van der Waals surface area contributed by atoms with E-state index in [9.17, 15) is 0 Å². The molecular formula is CH7B2P. The Morgan fingerprint density at radius 2 is 2.00 bits per heavy atom. The summed E-state index contributed by atoms with van der Waals surface area (Å²) in [5.41, 5.74) is 0. The summed E-state index contributed by atoms with van der Waals surface area (Å²) in [5.74, 6) is 0. The summed E-state index contributed by atoms with van der Waals surface area (Å²) in [6, 6.07) is 0. The zero-order valence-corrected chi connectivity index (χ0v) is 4.15. The summed E-state index contributed by atoms with van der Waals surface area (Å²) < 4.78 is 0. The zero-order chi connectivity index (χ0) is 3.41. The summed E-state index contributed by atoms with van der Waals surface area (Å²) in [6.07, 6.45) is 0. The second-order valence-corrected chi connectivity index (χ2v) is 1.37. The van der Waals surface area contributed by atoms with Crippen LogP contribution in [0.15, 0.2) is 0 Å². The third kappa shape index (κ3) is 2.56. The van der Waals surface area contributed by atoms with E-state index in [1.54, 1.807) is 0 Å². The van der Waals surface area contributed by atoms with E-state index in [1.807, 2.05) is 0 Å². The predicted octanol–water partition coefficient (Wildman–Crippen LogP) is -0.387. The number of rotatable bonds is 1. The monoisotopic (exact) mass is 72.0 g/mol. The van der Waals surface area contributed by atoms with E-state index in [2.05, 4.69) is 15.9 Å². The lowest BCUT2D eigenvalue weighted by Gasteiger charge is -1.59. The molecule has 0 fully saturated rings. The fraction of sp³-hybridized carbons (Fsp3) is 1.00. The van der Waals surface area contributed by atoms with Gasteiger partial charge >= 0.3 is 0 Å². The van der Waals surface area contributed by atoms with E-state index < -0.39 is 0 Å². The van der Waals surface area contributed by atoms with Crippen LogP contribution in [0.3, 0.4) is 0 Å². The standard InChI is InChI=1S/CH7B2P/c1-2-3-4/h2-3H,4H2,1H3. The summed E-state index contributed by atoms with van der Waals surface area (Å²) in [6.45, 7) is 3.40. The van der Waals surface area contributed by atoms with Crippen molar-refractivity contribution in [3.05, 3.63) is 0 Å². The maximum Gasteiger partial charge on any atom is 0.110 e. The molecule has 0 aromatic carbocycles. The molecule has 0 aliphatic carbocycles. The average molecular weight is 71.7 g/mol. The van der Waals surface area contributed by atoms with Gasteiger partial charge in [0.05, 0.1) is 7.17 Å². The van der Waals surface area contributed by atoms with Gasteiger partial charge in [-0.3, -0.25) is 0 Å². The van der Waals surface area contributed by atoms with Crippen molar-refractivity contribution in [3.63, 3.8) is 0 Å². The number of hydrogen-bond acceptors (Lipinski definition) is 0. The Labute approximate surface area is 31.0 Å². The van der Waals surface area contributed by atoms with Crippen LogP contribution in [0, 0.1) is 0 Å². The molecule has 0 radical (unpaired) electrons. The van der Waals surface area contributed by atoms with Crippen LogP contribution < -0.4 is 0 Å². The molecule has 3 heteroatoms. The molecule has 0 heterocycles. The first-order valence-electron chi connectivity index (χ1n) is 1.62. The fourth-order valence-corrected chi connectivity index (χ4v) is 0. The van der Waals surface area contributed by atoms with E-state index in [0.717, 1.165) is 0 Å². The summed E-state index contributed by atoms with van der Waals surface area (Å²) >= 11 is 0. The third-order valence-corrected chi connectivity index (χ3v) is 0.866. The summed E-state index contributed by atoms with van der Waals surface area (Å²) in [4.78, 5) is 0. The van der Waals surface area contributed by atoms with Gasteiger partial charge in [-0.05, 0) is 0 Å². The highest BCUT2D eigenvalue weighted by Crippen LogP contribution is 1.65. The van der Waals surface area contributed by atoms with Crippen molar-refractivity contribution >= 4 is 23.2 Å². The van der Waals surface area contributed by atoms with Gasteiger partial charge in [0.15, 0.2) is 0 Å². The topological polar surface area (TPSA) is 0 Å². The molecule has 0 bridgehead atoms. The Balaban J connectivity index is 1.97. The minimum absolute atomic E-state index is 1.24. The van der Waals surface area contributed by atoms with E-state index >= 15 is 0 Å². The molecule has 0 spiro atoms. The average Bonchev–Trinajstić information content (AvgIpc) is 1.37. The van der Waals surface area contributed by atoms with Crippen molar-refractivity contribution in [2.75, 3.05) is 0 Å². The lowest BCUT2D eigenvalue weighted by molar-refractivity contribution is 2.37. The predicted molar refractivity (Wildman–Crippen MR) is 29.9 cm³/mol. The highest BCUT2D eigenvalue weighted by Gasteiger charge is 1.66. The molecule has 0 saturated heterocycles. The zero-order valence-electron chi connectivity index (χ0n) is 2.99. The first kappa shape index (κ1) is 4.56. The van der Waals surface area contributed by atoms with Crippen molar-refractivity contribution in [1.29, 1.82) is 0 Å². The largest absolute Gasteiger partial charge is 0.183 e. The van der Waals surface area contributed by atoms with Crippen molar-refractivity contribution < 1.29 is 0 Å². The third-order valence-electron chi connectivity index (χ3n) is 0.289. The highest BCUT2D eigenvalue weighted by molar-refractivity contribution is 7.67. The van der Waals surface area contributed by atoms with E-state index in [4.69, 9.17) is 0 Å². The fourth-order valence-electron chi connectivity index (χ4n) is 0. The first-order chi connectivity index (χ1) is 1.91. The Kier molecular flexibility index (Phi) is 4.06. The maximum atomic E-state index is 2.66. The van der Waals surface area contributed by atoms with E-state index in [1.165, 1.54) is 14.1 Å². The van der Waals surface area contributed by atoms with Crippen LogP contribution in [0.5, 0.6) is 0 Å². The van der Waals surface area contributed by atoms with Gasteiger partial charge in [-0.1, -0.05) is 6.82 Å². The van der Waals surface area contributed by atoms with Crippen LogP contribution in [0.1, 0.15) is 0 Å². The molecule has 0 nitrogen and oxygen atoms in total. The quantitative estimate of drug-likeness (QED) is 0.292. The van der Waals surface area contributed by atoms with E-state index in [0.29, 0.717) is 0 Å². The summed E-state index contributed by atoms with van der Waals surface area (Å²) in [7, 11) is 3.94. The first-order valence-corrected chi connectivity index (χ1v) is 2.43. The summed E-state index contributed by atoms with van der Waals surface area (Å²) in [5, 5.41) is 0. The number of hydrogen-bond donors (Lipinski definition) is 0. The molecule has 0 aromatic rings. The molecule has 4 heavy (non-hydrogen) atoms. The van der Waals surface area contributed by atoms with Crippen LogP contribution in [0.4, 0.5) is 0 Å². The van der Waals surface area contributed by atoms with Gasteiger partial charge in [-0.25, -0.2) is 0 Å². The second-order valence-electron chi connectivity index (χ2n) is 0.789. The molecule has 0 N–H and O–H groups in total. The van der Waals surface area contributed by atoms with Gasteiger partial charge in [-0.15, -0.1) is 0 Å². The van der Waals surface area contributed by atoms with Crippen molar-refractivity contribution in [2.45, 2.75) is 6.82 Å². The van der Waals surface area contributed by atoms with Crippen molar-refractivity contribution in [1.82, 2.24) is 0 Å². The Bertz CT molecular complexity index is 8.00. The maximum absolute atomic E-state index is 2.66.